The molecule has 1 aromatic heterocycles. The highest BCUT2D eigenvalue weighted by Crippen LogP contribution is 2.31. The largest absolute Gasteiger partial charge is 0.381 e. The second-order valence-electron chi connectivity index (χ2n) is 5.54. The van der Waals surface area contributed by atoms with E-state index in [9.17, 15) is 10.1 Å². The molecule has 1 unspecified atom stereocenters. The Morgan fingerprint density at radius 1 is 1.60 bits per heavy atom. The second kappa shape index (κ2) is 6.21. The van der Waals surface area contributed by atoms with Crippen LogP contribution in [0.1, 0.15) is 38.4 Å². The van der Waals surface area contributed by atoms with Crippen LogP contribution in [0.3, 0.4) is 0 Å². The summed E-state index contributed by atoms with van der Waals surface area (Å²) in [6, 6.07) is 0.0764. The smallest absolute Gasteiger partial charge is 0.333 e. The third-order valence-corrected chi connectivity index (χ3v) is 3.54. The molecular weight excluding hydrogens is 260 g/mol. The van der Waals surface area contributed by atoms with Crippen LogP contribution in [-0.2, 0) is 4.74 Å². The molecule has 0 amide bonds. The summed E-state index contributed by atoms with van der Waals surface area (Å²) >= 11 is 0. The molecule has 1 aliphatic heterocycles. The van der Waals surface area contributed by atoms with E-state index in [1.54, 1.807) is 11.6 Å². The molecule has 0 spiro atoms. The summed E-state index contributed by atoms with van der Waals surface area (Å²) in [6.07, 6.45) is 2.15. The second-order valence-corrected chi connectivity index (χ2v) is 5.54. The van der Waals surface area contributed by atoms with E-state index in [2.05, 4.69) is 10.4 Å². The minimum atomic E-state index is -0.360. The fourth-order valence-electron chi connectivity index (χ4n) is 2.51. The Morgan fingerprint density at radius 2 is 2.35 bits per heavy atom. The van der Waals surface area contributed by atoms with Gasteiger partial charge in [0, 0.05) is 19.2 Å². The summed E-state index contributed by atoms with van der Waals surface area (Å²) in [6.45, 7) is 7.82. The van der Waals surface area contributed by atoms with Gasteiger partial charge in [0.15, 0.2) is 0 Å². The highest BCUT2D eigenvalue weighted by atomic mass is 16.6. The molecule has 1 N–H and O–H groups in total. The predicted molar refractivity (Wildman–Crippen MR) is 76.0 cm³/mol. The first-order chi connectivity index (χ1) is 9.50. The van der Waals surface area contributed by atoms with Gasteiger partial charge in [0.05, 0.1) is 11.5 Å². The number of hydrogen-bond donors (Lipinski definition) is 1. The van der Waals surface area contributed by atoms with Crippen LogP contribution in [0.2, 0.25) is 0 Å². The lowest BCUT2D eigenvalue weighted by Crippen LogP contribution is -2.25. The molecule has 7 nitrogen and oxygen atoms in total. The molecule has 0 bridgehead atoms. The number of aromatic nitrogens is 2. The lowest BCUT2D eigenvalue weighted by atomic mass is 10.0. The Hall–Kier alpha value is -1.63. The standard InChI is InChI=1S/C13H22N4O3/c1-9(2)16-13(12(17(18)19)10(3)15-16)14-7-11-5-4-6-20-8-11/h9,11,14H,4-8H2,1-3H3. The Balaban J connectivity index is 2.17. The van der Waals surface area contributed by atoms with Gasteiger partial charge < -0.3 is 10.1 Å². The molecule has 1 aromatic rings. The molecule has 20 heavy (non-hydrogen) atoms. The van der Waals surface area contributed by atoms with Crippen molar-refractivity contribution in [3.63, 3.8) is 0 Å². The van der Waals surface area contributed by atoms with Gasteiger partial charge in [-0.3, -0.25) is 10.1 Å². The average molecular weight is 282 g/mol. The van der Waals surface area contributed by atoms with Gasteiger partial charge in [0.2, 0.25) is 5.82 Å². The first-order valence-corrected chi connectivity index (χ1v) is 7.05. The normalized spacial score (nSPS) is 19.3. The summed E-state index contributed by atoms with van der Waals surface area (Å²) in [5, 5.41) is 18.7. The van der Waals surface area contributed by atoms with Crippen molar-refractivity contribution in [3.8, 4) is 0 Å². The highest BCUT2D eigenvalue weighted by molar-refractivity contribution is 5.59. The van der Waals surface area contributed by atoms with E-state index in [0.717, 1.165) is 26.1 Å². The number of nitro groups is 1. The Labute approximate surface area is 118 Å². The van der Waals surface area contributed by atoms with E-state index in [4.69, 9.17) is 4.74 Å². The summed E-state index contributed by atoms with van der Waals surface area (Å²) in [7, 11) is 0. The zero-order valence-electron chi connectivity index (χ0n) is 12.3. The van der Waals surface area contributed by atoms with Crippen LogP contribution in [0.15, 0.2) is 0 Å². The quantitative estimate of drug-likeness (QED) is 0.663. The number of aryl methyl sites for hydroxylation is 1. The molecule has 0 aromatic carbocycles. The number of ether oxygens (including phenoxy) is 1. The van der Waals surface area contributed by atoms with E-state index in [0.29, 0.717) is 24.0 Å². The van der Waals surface area contributed by atoms with Gasteiger partial charge in [-0.25, -0.2) is 4.68 Å². The van der Waals surface area contributed by atoms with Crippen molar-refractivity contribution in [2.24, 2.45) is 5.92 Å². The minimum absolute atomic E-state index is 0.0764. The van der Waals surface area contributed by atoms with Crippen LogP contribution in [0, 0.1) is 23.0 Å². The van der Waals surface area contributed by atoms with Crippen molar-refractivity contribution >= 4 is 11.5 Å². The van der Waals surface area contributed by atoms with Crippen molar-refractivity contribution < 1.29 is 9.66 Å². The molecule has 0 aliphatic carbocycles. The molecule has 1 fully saturated rings. The molecule has 0 saturated carbocycles. The van der Waals surface area contributed by atoms with E-state index >= 15 is 0 Å². The van der Waals surface area contributed by atoms with Crippen LogP contribution < -0.4 is 5.32 Å². The van der Waals surface area contributed by atoms with Gasteiger partial charge in [-0.1, -0.05) is 0 Å². The topological polar surface area (TPSA) is 82.2 Å². The monoisotopic (exact) mass is 282 g/mol. The third-order valence-electron chi connectivity index (χ3n) is 3.54. The molecule has 112 valence electrons. The summed E-state index contributed by atoms with van der Waals surface area (Å²) in [4.78, 5) is 10.9. The molecular formula is C13H22N4O3. The van der Waals surface area contributed by atoms with E-state index in [-0.39, 0.29) is 16.7 Å². The number of hydrogen-bond acceptors (Lipinski definition) is 5. The summed E-state index contributed by atoms with van der Waals surface area (Å²) in [5.74, 6) is 0.909. The van der Waals surface area contributed by atoms with Crippen LogP contribution >= 0.6 is 0 Å². The molecule has 0 radical (unpaired) electrons. The van der Waals surface area contributed by atoms with E-state index in [1.807, 2.05) is 13.8 Å². The van der Waals surface area contributed by atoms with Crippen LogP contribution in [0.5, 0.6) is 0 Å². The van der Waals surface area contributed by atoms with Gasteiger partial charge in [0.1, 0.15) is 5.69 Å². The average Bonchev–Trinajstić information content (AvgIpc) is 2.74. The molecule has 7 heteroatoms. The minimum Gasteiger partial charge on any atom is -0.381 e. The zero-order chi connectivity index (χ0) is 14.7. The highest BCUT2D eigenvalue weighted by Gasteiger charge is 2.27. The fraction of sp³-hybridized carbons (Fsp3) is 0.769. The molecule has 2 rings (SSSR count). The SMILES string of the molecule is Cc1nn(C(C)C)c(NCC2CCCOC2)c1[N+](=O)[O-]. The van der Waals surface area contributed by atoms with Gasteiger partial charge in [0.25, 0.3) is 0 Å². The summed E-state index contributed by atoms with van der Waals surface area (Å²) < 4.78 is 7.13. The van der Waals surface area contributed by atoms with Gasteiger partial charge in [-0.2, -0.15) is 5.10 Å². The van der Waals surface area contributed by atoms with Crippen molar-refractivity contribution in [3.05, 3.63) is 15.8 Å². The van der Waals surface area contributed by atoms with Gasteiger partial charge in [-0.15, -0.1) is 0 Å². The Bertz CT molecular complexity index is 478. The first kappa shape index (κ1) is 14.8. The van der Waals surface area contributed by atoms with Crippen LogP contribution in [0.25, 0.3) is 0 Å². The number of nitrogens with zero attached hydrogens (tertiary/aromatic N) is 3. The third kappa shape index (κ3) is 3.09. The summed E-state index contributed by atoms with van der Waals surface area (Å²) in [5.41, 5.74) is 0.529. The maximum Gasteiger partial charge on any atom is 0.333 e. The fourth-order valence-corrected chi connectivity index (χ4v) is 2.51. The number of rotatable bonds is 5. The van der Waals surface area contributed by atoms with Gasteiger partial charge in [-0.05, 0) is 39.5 Å². The Morgan fingerprint density at radius 3 is 2.90 bits per heavy atom. The lowest BCUT2D eigenvalue weighted by molar-refractivity contribution is -0.384. The first-order valence-electron chi connectivity index (χ1n) is 7.05. The van der Waals surface area contributed by atoms with E-state index in [1.165, 1.54) is 0 Å². The molecule has 2 heterocycles. The molecule has 1 aliphatic rings. The van der Waals surface area contributed by atoms with Gasteiger partial charge >= 0.3 is 5.69 Å². The van der Waals surface area contributed by atoms with Crippen LogP contribution in [-0.4, -0.2) is 34.5 Å². The van der Waals surface area contributed by atoms with E-state index < -0.39 is 0 Å². The van der Waals surface area contributed by atoms with Crippen molar-refractivity contribution in [2.75, 3.05) is 25.1 Å². The Kier molecular flexibility index (Phi) is 4.59. The lowest BCUT2D eigenvalue weighted by Gasteiger charge is -2.23. The zero-order valence-corrected chi connectivity index (χ0v) is 12.3. The molecule has 1 atom stereocenters. The maximum atomic E-state index is 11.2. The number of nitrogens with one attached hydrogen (secondary N) is 1. The number of anilines is 1. The van der Waals surface area contributed by atoms with Crippen LogP contribution in [0.4, 0.5) is 11.5 Å². The maximum absolute atomic E-state index is 11.2. The van der Waals surface area contributed by atoms with Crippen molar-refractivity contribution in [1.82, 2.24) is 9.78 Å². The molecule has 1 saturated heterocycles. The van der Waals surface area contributed by atoms with Crippen molar-refractivity contribution in [1.29, 1.82) is 0 Å². The predicted octanol–water partition coefficient (Wildman–Crippen LogP) is 2.52. The van der Waals surface area contributed by atoms with Crippen molar-refractivity contribution in [2.45, 2.75) is 39.7 Å².